The van der Waals surface area contributed by atoms with Gasteiger partial charge in [0.2, 0.25) is 0 Å². The van der Waals surface area contributed by atoms with Gasteiger partial charge >= 0.3 is 0 Å². The van der Waals surface area contributed by atoms with Crippen LogP contribution in [0.25, 0.3) is 11.4 Å². The number of nitrogens with zero attached hydrogens (tertiary/aromatic N) is 4. The third-order valence-corrected chi connectivity index (χ3v) is 3.56. The number of nitrogens with one attached hydrogen (secondary N) is 2. The molecule has 3 aromatic rings. The molecular formula is C16H18N6. The van der Waals surface area contributed by atoms with E-state index in [-0.39, 0.29) is 0 Å². The van der Waals surface area contributed by atoms with Crippen LogP contribution in [-0.4, -0.2) is 25.1 Å². The van der Waals surface area contributed by atoms with Crippen molar-refractivity contribution in [1.29, 1.82) is 0 Å². The van der Waals surface area contributed by atoms with Gasteiger partial charge in [-0.1, -0.05) is 0 Å². The fraction of sp³-hybridized carbons (Fsp3) is 0.250. The summed E-state index contributed by atoms with van der Waals surface area (Å²) < 4.78 is 0. The summed E-state index contributed by atoms with van der Waals surface area (Å²) in [5.74, 6) is 1.46. The topological polar surface area (TPSA) is 79.4 Å². The molecule has 6 heteroatoms. The zero-order valence-electron chi connectivity index (χ0n) is 12.9. The number of rotatable bonds is 4. The number of hydrogen-bond donors (Lipinski definition) is 2. The number of H-pyrrole nitrogens is 1. The number of aromatic nitrogens is 5. The summed E-state index contributed by atoms with van der Waals surface area (Å²) >= 11 is 0. The van der Waals surface area contributed by atoms with Crippen molar-refractivity contribution in [2.45, 2.75) is 27.3 Å². The maximum Gasteiger partial charge on any atom is 0.163 e. The van der Waals surface area contributed by atoms with E-state index >= 15 is 0 Å². The third kappa shape index (κ3) is 2.95. The smallest absolute Gasteiger partial charge is 0.163 e. The molecule has 6 nitrogen and oxygen atoms in total. The van der Waals surface area contributed by atoms with E-state index in [2.05, 4.69) is 37.4 Å². The van der Waals surface area contributed by atoms with E-state index in [0.717, 1.165) is 28.5 Å². The van der Waals surface area contributed by atoms with Crippen molar-refractivity contribution in [2.24, 2.45) is 0 Å². The zero-order valence-corrected chi connectivity index (χ0v) is 12.9. The molecule has 0 bridgehead atoms. The molecule has 0 saturated heterocycles. The van der Waals surface area contributed by atoms with E-state index in [1.165, 1.54) is 5.56 Å². The highest BCUT2D eigenvalue weighted by atomic mass is 15.1. The lowest BCUT2D eigenvalue weighted by Crippen LogP contribution is -2.05. The van der Waals surface area contributed by atoms with Gasteiger partial charge in [-0.3, -0.25) is 10.1 Å². The average molecular weight is 294 g/mol. The zero-order chi connectivity index (χ0) is 15.5. The largest absolute Gasteiger partial charge is 0.364 e. The molecule has 0 fully saturated rings. The van der Waals surface area contributed by atoms with Crippen molar-refractivity contribution >= 4 is 5.82 Å². The van der Waals surface area contributed by atoms with Crippen molar-refractivity contribution in [3.8, 4) is 11.4 Å². The van der Waals surface area contributed by atoms with Crippen molar-refractivity contribution < 1.29 is 0 Å². The summed E-state index contributed by atoms with van der Waals surface area (Å²) in [5.41, 5.74) is 5.07. The minimum atomic E-state index is 0.624. The monoisotopic (exact) mass is 294 g/mol. The number of pyridine rings is 1. The standard InChI is InChI=1S/C16H18N6/c1-10-7-15(18-9-14-11(2)12(3)21-22-14)20-16(19-10)13-5-4-6-17-8-13/h4-8H,9H2,1-3H3,(H,21,22)(H,18,19,20). The lowest BCUT2D eigenvalue weighted by atomic mass is 10.2. The molecule has 0 aliphatic carbocycles. The Hall–Kier alpha value is -2.76. The van der Waals surface area contributed by atoms with Crippen LogP contribution in [0.3, 0.4) is 0 Å². The fourth-order valence-corrected chi connectivity index (χ4v) is 2.17. The second kappa shape index (κ2) is 5.93. The van der Waals surface area contributed by atoms with Gasteiger partial charge in [-0.2, -0.15) is 5.10 Å². The lowest BCUT2D eigenvalue weighted by molar-refractivity contribution is 0.956. The normalized spacial score (nSPS) is 10.7. The first-order valence-corrected chi connectivity index (χ1v) is 7.14. The first-order chi connectivity index (χ1) is 10.6. The van der Waals surface area contributed by atoms with E-state index in [0.29, 0.717) is 12.4 Å². The van der Waals surface area contributed by atoms with Gasteiger partial charge in [-0.25, -0.2) is 9.97 Å². The SMILES string of the molecule is Cc1cc(NCc2n[nH]c(C)c2C)nc(-c2cccnc2)n1. The number of anilines is 1. The van der Waals surface area contributed by atoms with Crippen LogP contribution in [0.15, 0.2) is 30.6 Å². The Bertz CT molecular complexity index is 779. The molecule has 0 aliphatic heterocycles. The summed E-state index contributed by atoms with van der Waals surface area (Å²) in [6.45, 7) is 6.65. The highest BCUT2D eigenvalue weighted by Gasteiger charge is 2.08. The van der Waals surface area contributed by atoms with Crippen LogP contribution in [0, 0.1) is 20.8 Å². The van der Waals surface area contributed by atoms with Crippen LogP contribution >= 0.6 is 0 Å². The average Bonchev–Trinajstić information content (AvgIpc) is 2.85. The quantitative estimate of drug-likeness (QED) is 0.773. The molecule has 0 aromatic carbocycles. The Kier molecular flexibility index (Phi) is 3.82. The molecule has 0 saturated carbocycles. The van der Waals surface area contributed by atoms with E-state index in [9.17, 15) is 0 Å². The molecule has 0 unspecified atom stereocenters. The Morgan fingerprint density at radius 1 is 1.18 bits per heavy atom. The summed E-state index contributed by atoms with van der Waals surface area (Å²) in [6.07, 6.45) is 3.50. The predicted octanol–water partition coefficient (Wildman–Crippen LogP) is 2.80. The highest BCUT2D eigenvalue weighted by Crippen LogP contribution is 2.17. The number of aromatic amines is 1. The molecule has 0 aliphatic rings. The minimum Gasteiger partial charge on any atom is -0.364 e. The van der Waals surface area contributed by atoms with E-state index in [1.807, 2.05) is 32.0 Å². The van der Waals surface area contributed by atoms with Gasteiger partial charge in [0, 0.05) is 35.4 Å². The molecule has 22 heavy (non-hydrogen) atoms. The van der Waals surface area contributed by atoms with E-state index < -0.39 is 0 Å². The molecule has 0 spiro atoms. The molecule has 3 aromatic heterocycles. The molecule has 0 atom stereocenters. The van der Waals surface area contributed by atoms with Crippen LogP contribution in [-0.2, 0) is 6.54 Å². The fourth-order valence-electron chi connectivity index (χ4n) is 2.17. The first kappa shape index (κ1) is 14.2. The Labute approximate surface area is 129 Å². The van der Waals surface area contributed by atoms with Gasteiger partial charge in [0.15, 0.2) is 5.82 Å². The maximum absolute atomic E-state index is 4.56. The van der Waals surface area contributed by atoms with Crippen molar-refractivity contribution in [1.82, 2.24) is 25.1 Å². The van der Waals surface area contributed by atoms with E-state index in [4.69, 9.17) is 0 Å². The predicted molar refractivity (Wildman–Crippen MR) is 85.4 cm³/mol. The molecule has 112 valence electrons. The number of aryl methyl sites for hydroxylation is 2. The van der Waals surface area contributed by atoms with Gasteiger partial charge in [0.05, 0.1) is 12.2 Å². The van der Waals surface area contributed by atoms with Crippen molar-refractivity contribution in [3.63, 3.8) is 0 Å². The van der Waals surface area contributed by atoms with Gasteiger partial charge in [0.25, 0.3) is 0 Å². The molecular weight excluding hydrogens is 276 g/mol. The minimum absolute atomic E-state index is 0.624. The second-order valence-electron chi connectivity index (χ2n) is 5.23. The van der Waals surface area contributed by atoms with Crippen LogP contribution < -0.4 is 5.32 Å². The van der Waals surface area contributed by atoms with Crippen molar-refractivity contribution in [3.05, 3.63) is 53.2 Å². The Morgan fingerprint density at radius 3 is 2.73 bits per heavy atom. The second-order valence-corrected chi connectivity index (χ2v) is 5.23. The van der Waals surface area contributed by atoms with Crippen LogP contribution in [0.1, 0.15) is 22.6 Å². The lowest BCUT2D eigenvalue weighted by Gasteiger charge is -2.08. The molecule has 2 N–H and O–H groups in total. The molecule has 0 amide bonds. The summed E-state index contributed by atoms with van der Waals surface area (Å²) in [6, 6.07) is 5.76. The number of hydrogen-bond acceptors (Lipinski definition) is 5. The molecule has 0 radical (unpaired) electrons. The third-order valence-electron chi connectivity index (χ3n) is 3.56. The van der Waals surface area contributed by atoms with Gasteiger partial charge in [0.1, 0.15) is 5.82 Å². The van der Waals surface area contributed by atoms with Crippen molar-refractivity contribution in [2.75, 3.05) is 5.32 Å². The van der Waals surface area contributed by atoms with Gasteiger partial charge in [-0.05, 0) is 38.5 Å². The summed E-state index contributed by atoms with van der Waals surface area (Å²) in [7, 11) is 0. The van der Waals surface area contributed by atoms with Crippen LogP contribution in [0.4, 0.5) is 5.82 Å². The Balaban J connectivity index is 1.82. The highest BCUT2D eigenvalue weighted by molar-refractivity contribution is 5.56. The van der Waals surface area contributed by atoms with Gasteiger partial charge in [-0.15, -0.1) is 0 Å². The summed E-state index contributed by atoms with van der Waals surface area (Å²) in [5, 5.41) is 10.6. The first-order valence-electron chi connectivity index (χ1n) is 7.14. The maximum atomic E-state index is 4.56. The Morgan fingerprint density at radius 2 is 2.05 bits per heavy atom. The van der Waals surface area contributed by atoms with E-state index in [1.54, 1.807) is 12.4 Å². The van der Waals surface area contributed by atoms with Crippen LogP contribution in [0.5, 0.6) is 0 Å². The molecule has 3 rings (SSSR count). The van der Waals surface area contributed by atoms with Crippen LogP contribution in [0.2, 0.25) is 0 Å². The summed E-state index contributed by atoms with van der Waals surface area (Å²) in [4.78, 5) is 13.1. The molecule has 3 heterocycles. The van der Waals surface area contributed by atoms with Gasteiger partial charge < -0.3 is 5.32 Å².